The Kier molecular flexibility index (Phi) is 4.49. The molecule has 1 heterocycles. The number of aromatic hydroxyl groups is 1. The Labute approximate surface area is 161 Å². The first-order valence-electron chi connectivity index (χ1n) is 8.83. The molecule has 0 bridgehead atoms. The first-order valence-corrected chi connectivity index (χ1v) is 8.83. The molecule has 0 aromatic heterocycles. The minimum Gasteiger partial charge on any atom is -0.505 e. The molecular weight excluding hydrogens is 356 g/mol. The summed E-state index contributed by atoms with van der Waals surface area (Å²) >= 11 is 0. The van der Waals surface area contributed by atoms with E-state index in [9.17, 15) is 15.2 Å². The average molecular weight is 374 g/mol. The highest BCUT2D eigenvalue weighted by Gasteiger charge is 2.37. The van der Waals surface area contributed by atoms with Crippen LogP contribution in [0.4, 0.5) is 11.4 Å². The highest BCUT2D eigenvalue weighted by atomic mass is 16.6. The number of phenolic OH excluding ortho intramolecular Hbond substituents is 1. The van der Waals surface area contributed by atoms with E-state index in [-0.39, 0.29) is 29.1 Å². The molecule has 0 fully saturated rings. The molecule has 0 radical (unpaired) electrons. The van der Waals surface area contributed by atoms with Gasteiger partial charge in [-0.1, -0.05) is 54.6 Å². The number of non-ortho nitro benzene ring substituents is 1. The van der Waals surface area contributed by atoms with Crippen LogP contribution in [-0.2, 0) is 0 Å². The number of phenols is 1. The van der Waals surface area contributed by atoms with Crippen molar-refractivity contribution in [2.45, 2.75) is 6.04 Å². The number of hydrogen-bond donors (Lipinski definition) is 1. The van der Waals surface area contributed by atoms with Gasteiger partial charge in [0.15, 0.2) is 0 Å². The van der Waals surface area contributed by atoms with Crippen molar-refractivity contribution in [3.8, 4) is 5.75 Å². The summed E-state index contributed by atoms with van der Waals surface area (Å²) < 4.78 is 0. The molecule has 7 heteroatoms. The first kappa shape index (κ1) is 17.7. The lowest BCUT2D eigenvalue weighted by molar-refractivity contribution is -0.384. The summed E-state index contributed by atoms with van der Waals surface area (Å²) in [6.45, 7) is 0. The van der Waals surface area contributed by atoms with Crippen LogP contribution >= 0.6 is 0 Å². The Morgan fingerprint density at radius 1 is 1.07 bits per heavy atom. The van der Waals surface area contributed by atoms with E-state index in [1.54, 1.807) is 0 Å². The van der Waals surface area contributed by atoms with Gasteiger partial charge in [0.05, 0.1) is 28.4 Å². The van der Waals surface area contributed by atoms with Gasteiger partial charge in [0.2, 0.25) is 0 Å². The molecular formula is C21H18N4O3. The molecule has 2 aromatic rings. The van der Waals surface area contributed by atoms with Gasteiger partial charge in [-0.2, -0.15) is 5.11 Å². The van der Waals surface area contributed by atoms with E-state index in [0.29, 0.717) is 0 Å². The van der Waals surface area contributed by atoms with Crippen LogP contribution in [0.3, 0.4) is 0 Å². The van der Waals surface area contributed by atoms with Gasteiger partial charge in [-0.15, -0.1) is 5.11 Å². The third-order valence-corrected chi connectivity index (χ3v) is 4.95. The van der Waals surface area contributed by atoms with Gasteiger partial charge in [-0.3, -0.25) is 10.1 Å². The second kappa shape index (κ2) is 7.11. The van der Waals surface area contributed by atoms with E-state index in [4.69, 9.17) is 0 Å². The molecule has 0 spiro atoms. The molecule has 28 heavy (non-hydrogen) atoms. The SMILES string of the molecule is CN1C(c2ccccc2)=C(N=Nc2ccc([N+](=O)[O-])cc2O)C2C=CC=CC21. The van der Waals surface area contributed by atoms with Crippen LogP contribution in [-0.4, -0.2) is 28.0 Å². The number of fused-ring (bicyclic) bond motifs is 1. The summed E-state index contributed by atoms with van der Waals surface area (Å²) in [5.41, 5.74) is 2.78. The van der Waals surface area contributed by atoms with E-state index in [0.717, 1.165) is 23.0 Å². The molecule has 2 aromatic carbocycles. The number of nitro benzene ring substituents is 1. The maximum Gasteiger partial charge on any atom is 0.273 e. The van der Waals surface area contributed by atoms with E-state index < -0.39 is 4.92 Å². The Balaban J connectivity index is 1.77. The van der Waals surface area contributed by atoms with E-state index in [1.807, 2.05) is 49.5 Å². The molecule has 2 atom stereocenters. The first-order chi connectivity index (χ1) is 13.6. The normalized spacial score (nSPS) is 20.8. The Hall–Kier alpha value is -3.74. The zero-order valence-electron chi connectivity index (χ0n) is 15.1. The van der Waals surface area contributed by atoms with Crippen molar-refractivity contribution in [1.29, 1.82) is 0 Å². The third kappa shape index (κ3) is 3.07. The van der Waals surface area contributed by atoms with Gasteiger partial charge in [-0.25, -0.2) is 0 Å². The molecule has 0 saturated heterocycles. The number of allylic oxidation sites excluding steroid dienone is 2. The monoisotopic (exact) mass is 374 g/mol. The van der Waals surface area contributed by atoms with Crippen LogP contribution in [0, 0.1) is 16.0 Å². The summed E-state index contributed by atoms with van der Waals surface area (Å²) in [5.74, 6) is -0.240. The van der Waals surface area contributed by atoms with Crippen molar-refractivity contribution in [2.75, 3.05) is 7.05 Å². The van der Waals surface area contributed by atoms with Crippen molar-refractivity contribution in [2.24, 2.45) is 16.1 Å². The summed E-state index contributed by atoms with van der Waals surface area (Å²) in [5, 5.41) is 29.6. The lowest BCUT2D eigenvalue weighted by atomic mass is 9.94. The van der Waals surface area contributed by atoms with Crippen LogP contribution in [0.15, 0.2) is 88.8 Å². The highest BCUT2D eigenvalue weighted by Crippen LogP contribution is 2.42. The standard InChI is InChI=1S/C21H18N4O3/c1-24-18-10-6-5-9-16(18)20(21(24)14-7-3-2-4-8-14)23-22-17-12-11-15(25(27)28)13-19(17)26/h2-13,16,18,26H,1H3. The predicted octanol–water partition coefficient (Wildman–Crippen LogP) is 4.81. The molecule has 2 unspecified atom stereocenters. The van der Waals surface area contributed by atoms with Crippen molar-refractivity contribution in [3.63, 3.8) is 0 Å². The zero-order chi connectivity index (χ0) is 19.7. The molecule has 140 valence electrons. The van der Waals surface area contributed by atoms with Crippen molar-refractivity contribution >= 4 is 17.1 Å². The second-order valence-electron chi connectivity index (χ2n) is 6.63. The lowest BCUT2D eigenvalue weighted by Gasteiger charge is -2.26. The number of likely N-dealkylation sites (N-methyl/N-ethyl adjacent to an activating group) is 1. The van der Waals surface area contributed by atoms with Gasteiger partial charge in [0, 0.05) is 19.0 Å². The van der Waals surface area contributed by atoms with Crippen LogP contribution < -0.4 is 0 Å². The number of azo groups is 1. The summed E-state index contributed by atoms with van der Waals surface area (Å²) in [4.78, 5) is 12.4. The van der Waals surface area contributed by atoms with Gasteiger partial charge < -0.3 is 10.0 Å². The Bertz CT molecular complexity index is 1040. The fourth-order valence-electron chi connectivity index (χ4n) is 3.59. The van der Waals surface area contributed by atoms with Crippen LogP contribution in [0.1, 0.15) is 5.56 Å². The molecule has 1 aliphatic carbocycles. The molecule has 1 N–H and O–H groups in total. The molecule has 2 aliphatic rings. The van der Waals surface area contributed by atoms with Gasteiger partial charge in [0.1, 0.15) is 11.4 Å². The smallest absolute Gasteiger partial charge is 0.273 e. The molecule has 7 nitrogen and oxygen atoms in total. The van der Waals surface area contributed by atoms with Gasteiger partial charge in [0.25, 0.3) is 5.69 Å². The topological polar surface area (TPSA) is 91.3 Å². The van der Waals surface area contributed by atoms with Crippen LogP contribution in [0.5, 0.6) is 5.75 Å². The summed E-state index contributed by atoms with van der Waals surface area (Å²) in [6, 6.07) is 13.9. The zero-order valence-corrected chi connectivity index (χ0v) is 15.1. The Morgan fingerprint density at radius 2 is 1.82 bits per heavy atom. The third-order valence-electron chi connectivity index (χ3n) is 4.95. The number of nitro groups is 1. The molecule has 4 rings (SSSR count). The fraction of sp³-hybridized carbons (Fsp3) is 0.143. The minimum absolute atomic E-state index is 0.0362. The molecule has 0 saturated carbocycles. The number of benzene rings is 2. The number of hydrogen-bond acceptors (Lipinski definition) is 6. The largest absolute Gasteiger partial charge is 0.505 e. The second-order valence-corrected chi connectivity index (χ2v) is 6.63. The maximum absolute atomic E-state index is 10.8. The van der Waals surface area contributed by atoms with Crippen molar-refractivity contribution in [1.82, 2.24) is 4.90 Å². The van der Waals surface area contributed by atoms with Crippen molar-refractivity contribution < 1.29 is 10.0 Å². The van der Waals surface area contributed by atoms with Crippen molar-refractivity contribution in [3.05, 3.63) is 94.2 Å². The van der Waals surface area contributed by atoms with E-state index in [1.165, 1.54) is 12.1 Å². The van der Waals surface area contributed by atoms with Gasteiger partial charge >= 0.3 is 0 Å². The van der Waals surface area contributed by atoms with Gasteiger partial charge in [-0.05, 0) is 11.6 Å². The number of rotatable bonds is 4. The highest BCUT2D eigenvalue weighted by molar-refractivity contribution is 5.71. The minimum atomic E-state index is -0.563. The summed E-state index contributed by atoms with van der Waals surface area (Å²) in [7, 11) is 2.02. The lowest BCUT2D eigenvalue weighted by Crippen LogP contribution is -2.28. The molecule has 0 amide bonds. The van der Waals surface area contributed by atoms with Crippen LogP contribution in [0.25, 0.3) is 5.70 Å². The number of nitrogens with zero attached hydrogens (tertiary/aromatic N) is 4. The quantitative estimate of drug-likeness (QED) is 0.472. The summed E-state index contributed by atoms with van der Waals surface area (Å²) in [6.07, 6.45) is 8.21. The van der Waals surface area contributed by atoms with E-state index >= 15 is 0 Å². The average Bonchev–Trinajstić information content (AvgIpc) is 2.99. The maximum atomic E-state index is 10.8. The molecule has 1 aliphatic heterocycles. The predicted molar refractivity (Wildman–Crippen MR) is 106 cm³/mol. The van der Waals surface area contributed by atoms with Crippen LogP contribution in [0.2, 0.25) is 0 Å². The van der Waals surface area contributed by atoms with E-state index in [2.05, 4.69) is 27.3 Å². The Morgan fingerprint density at radius 3 is 2.54 bits per heavy atom. The fourth-order valence-corrected chi connectivity index (χ4v) is 3.59.